The monoisotopic (exact) mass is 407 g/mol. The molecule has 146 valence electrons. The molecule has 6 heteroatoms. The largest absolute Gasteiger partial charge is 0.478 e. The van der Waals surface area contributed by atoms with Crippen LogP contribution < -0.4 is 5.32 Å². The van der Waals surface area contributed by atoms with Crippen LogP contribution in [0.5, 0.6) is 0 Å². The molecule has 0 bridgehead atoms. The lowest BCUT2D eigenvalue weighted by atomic mass is 9.98. The van der Waals surface area contributed by atoms with Crippen molar-refractivity contribution < 1.29 is 19.4 Å². The van der Waals surface area contributed by atoms with E-state index in [1.54, 1.807) is 19.1 Å². The Hall–Kier alpha value is -3.31. The summed E-state index contributed by atoms with van der Waals surface area (Å²) in [5.41, 5.74) is 4.94. The van der Waals surface area contributed by atoms with E-state index in [2.05, 4.69) is 17.4 Å². The lowest BCUT2D eigenvalue weighted by Gasteiger charge is -2.16. The number of carboxylic acids is 1. The minimum atomic E-state index is -1.17. The van der Waals surface area contributed by atoms with Crippen LogP contribution in [0.3, 0.4) is 0 Å². The van der Waals surface area contributed by atoms with Gasteiger partial charge in [0.25, 0.3) is 0 Å². The zero-order valence-electron chi connectivity index (χ0n) is 15.6. The first-order valence-electron chi connectivity index (χ1n) is 9.11. The molecule has 1 aliphatic carbocycles. The van der Waals surface area contributed by atoms with Crippen LogP contribution in [0.25, 0.3) is 11.1 Å². The number of rotatable bonds is 4. The molecule has 0 radical (unpaired) electrons. The quantitative estimate of drug-likeness (QED) is 0.581. The van der Waals surface area contributed by atoms with Crippen molar-refractivity contribution >= 4 is 29.4 Å². The third-order valence-corrected chi connectivity index (χ3v) is 5.46. The van der Waals surface area contributed by atoms with E-state index in [4.69, 9.17) is 16.3 Å². The van der Waals surface area contributed by atoms with Gasteiger partial charge < -0.3 is 9.84 Å². The van der Waals surface area contributed by atoms with Crippen molar-refractivity contribution in [2.75, 3.05) is 11.9 Å². The molecule has 0 fully saturated rings. The summed E-state index contributed by atoms with van der Waals surface area (Å²) >= 11 is 6.12. The van der Waals surface area contributed by atoms with Crippen molar-refractivity contribution in [2.24, 2.45) is 0 Å². The number of carboxylic acid groups (broad SMARTS) is 1. The van der Waals surface area contributed by atoms with Crippen LogP contribution in [-0.4, -0.2) is 23.8 Å². The molecule has 1 aliphatic rings. The Labute approximate surface area is 172 Å². The van der Waals surface area contributed by atoms with Crippen LogP contribution in [0, 0.1) is 6.92 Å². The van der Waals surface area contributed by atoms with E-state index < -0.39 is 12.1 Å². The zero-order chi connectivity index (χ0) is 20.5. The first-order chi connectivity index (χ1) is 14.0. The molecule has 0 aliphatic heterocycles. The highest BCUT2D eigenvalue weighted by Gasteiger charge is 2.29. The van der Waals surface area contributed by atoms with Crippen LogP contribution in [0.15, 0.2) is 60.7 Å². The topological polar surface area (TPSA) is 75.6 Å². The van der Waals surface area contributed by atoms with Gasteiger partial charge in [-0.25, -0.2) is 9.59 Å². The fraction of sp³-hybridized carbons (Fsp3) is 0.130. The molecule has 0 saturated carbocycles. The molecule has 3 aromatic rings. The van der Waals surface area contributed by atoms with E-state index in [0.29, 0.717) is 5.56 Å². The molecule has 0 aromatic heterocycles. The van der Waals surface area contributed by atoms with Gasteiger partial charge in [-0.15, -0.1) is 0 Å². The maximum Gasteiger partial charge on any atom is 0.411 e. The van der Waals surface area contributed by atoms with Crippen LogP contribution in [0.4, 0.5) is 10.5 Å². The van der Waals surface area contributed by atoms with Crippen LogP contribution >= 0.6 is 11.6 Å². The number of halogens is 1. The summed E-state index contributed by atoms with van der Waals surface area (Å²) in [6, 6.07) is 19.2. The second-order valence-corrected chi connectivity index (χ2v) is 7.28. The first-order valence-corrected chi connectivity index (χ1v) is 9.49. The molecule has 0 atom stereocenters. The number of hydrogen-bond donors (Lipinski definition) is 2. The van der Waals surface area contributed by atoms with Crippen molar-refractivity contribution in [2.45, 2.75) is 12.8 Å². The van der Waals surface area contributed by atoms with Gasteiger partial charge in [0.15, 0.2) is 0 Å². The number of aromatic carboxylic acids is 1. The Morgan fingerprint density at radius 3 is 2.17 bits per heavy atom. The van der Waals surface area contributed by atoms with E-state index in [1.165, 1.54) is 0 Å². The van der Waals surface area contributed by atoms with Gasteiger partial charge in [0.1, 0.15) is 6.61 Å². The summed E-state index contributed by atoms with van der Waals surface area (Å²) in [6.07, 6.45) is -0.748. The van der Waals surface area contributed by atoms with Crippen molar-refractivity contribution in [3.63, 3.8) is 0 Å². The summed E-state index contributed by atoms with van der Waals surface area (Å²) in [5, 5.41) is 12.1. The average Bonchev–Trinajstić information content (AvgIpc) is 3.03. The molecule has 3 aromatic carbocycles. The fourth-order valence-electron chi connectivity index (χ4n) is 3.82. The van der Waals surface area contributed by atoms with Crippen molar-refractivity contribution in [1.82, 2.24) is 0 Å². The minimum absolute atomic E-state index is 0.0383. The lowest BCUT2D eigenvalue weighted by molar-refractivity contribution is 0.0697. The summed E-state index contributed by atoms with van der Waals surface area (Å²) in [7, 11) is 0. The molecule has 0 saturated heterocycles. The van der Waals surface area contributed by atoms with Crippen LogP contribution in [0.2, 0.25) is 5.02 Å². The zero-order valence-corrected chi connectivity index (χ0v) is 16.4. The average molecular weight is 408 g/mol. The van der Waals surface area contributed by atoms with Gasteiger partial charge in [-0.3, -0.25) is 5.32 Å². The third-order valence-electron chi connectivity index (χ3n) is 5.15. The predicted molar refractivity (Wildman–Crippen MR) is 112 cm³/mol. The molecule has 0 unspecified atom stereocenters. The molecule has 2 N–H and O–H groups in total. The summed E-state index contributed by atoms with van der Waals surface area (Å²) < 4.78 is 5.47. The smallest absolute Gasteiger partial charge is 0.411 e. The van der Waals surface area contributed by atoms with Crippen LogP contribution in [-0.2, 0) is 4.74 Å². The molecule has 0 spiro atoms. The number of ether oxygens (including phenoxy) is 1. The molecule has 29 heavy (non-hydrogen) atoms. The number of carbonyl (C=O) groups is 2. The number of benzene rings is 3. The van der Waals surface area contributed by atoms with Gasteiger partial charge in [-0.05, 0) is 40.8 Å². The summed E-state index contributed by atoms with van der Waals surface area (Å²) in [6.45, 7) is 1.77. The van der Waals surface area contributed by atoms with E-state index >= 15 is 0 Å². The maximum absolute atomic E-state index is 12.4. The third kappa shape index (κ3) is 3.45. The Balaban J connectivity index is 1.55. The van der Waals surface area contributed by atoms with Crippen molar-refractivity contribution in [3.05, 3.63) is 87.9 Å². The van der Waals surface area contributed by atoms with Gasteiger partial charge in [-0.1, -0.05) is 66.2 Å². The molecule has 5 nitrogen and oxygen atoms in total. The van der Waals surface area contributed by atoms with E-state index in [9.17, 15) is 14.7 Å². The Morgan fingerprint density at radius 2 is 1.59 bits per heavy atom. The second-order valence-electron chi connectivity index (χ2n) is 6.87. The van der Waals surface area contributed by atoms with Gasteiger partial charge in [0, 0.05) is 5.92 Å². The van der Waals surface area contributed by atoms with Gasteiger partial charge in [0.2, 0.25) is 0 Å². The lowest BCUT2D eigenvalue weighted by Crippen LogP contribution is -2.20. The summed E-state index contributed by atoms with van der Waals surface area (Å²) in [4.78, 5) is 24.0. The number of carbonyl (C=O) groups excluding carboxylic acids is 1. The fourth-order valence-corrected chi connectivity index (χ4v) is 4.02. The maximum atomic E-state index is 12.4. The normalized spacial score (nSPS) is 12.2. The molecule has 0 heterocycles. The summed E-state index contributed by atoms with van der Waals surface area (Å²) in [5.74, 6) is -1.25. The highest BCUT2D eigenvalue weighted by Crippen LogP contribution is 2.44. The number of aryl methyl sites for hydroxylation is 1. The van der Waals surface area contributed by atoms with E-state index in [0.717, 1.165) is 22.3 Å². The van der Waals surface area contributed by atoms with Gasteiger partial charge in [-0.2, -0.15) is 0 Å². The number of fused-ring (bicyclic) bond motifs is 3. The van der Waals surface area contributed by atoms with E-state index in [1.807, 2.05) is 36.4 Å². The highest BCUT2D eigenvalue weighted by atomic mass is 35.5. The van der Waals surface area contributed by atoms with Crippen LogP contribution in [0.1, 0.15) is 33.0 Å². The number of hydrogen-bond acceptors (Lipinski definition) is 3. The Morgan fingerprint density at radius 1 is 1.00 bits per heavy atom. The number of nitrogens with one attached hydrogen (secondary N) is 1. The van der Waals surface area contributed by atoms with Crippen molar-refractivity contribution in [1.29, 1.82) is 0 Å². The molecular formula is C23H18ClNO4. The highest BCUT2D eigenvalue weighted by molar-refractivity contribution is 6.34. The Bertz CT molecular complexity index is 1080. The second kappa shape index (κ2) is 7.60. The Kier molecular flexibility index (Phi) is 4.99. The van der Waals surface area contributed by atoms with E-state index in [-0.39, 0.29) is 28.8 Å². The van der Waals surface area contributed by atoms with Crippen molar-refractivity contribution in [3.8, 4) is 11.1 Å². The predicted octanol–water partition coefficient (Wildman–Crippen LogP) is 5.71. The SMILES string of the molecule is Cc1ccc(Cl)c(NC(=O)OCC2c3ccccc3-c3ccccc32)c1C(=O)O. The first kappa shape index (κ1) is 19.0. The standard InChI is InChI=1S/C23H18ClNO4/c1-13-10-11-19(24)21(20(13)22(26)27)25-23(28)29-12-18-16-8-4-2-6-14(16)15-7-3-5-9-17(15)18/h2-11,18H,12H2,1H3,(H,25,28)(H,26,27). The molecule has 4 rings (SSSR count). The number of amides is 1. The van der Waals surface area contributed by atoms with Gasteiger partial charge >= 0.3 is 12.1 Å². The minimum Gasteiger partial charge on any atom is -0.478 e. The molecular weight excluding hydrogens is 390 g/mol. The van der Waals surface area contributed by atoms with Gasteiger partial charge in [0.05, 0.1) is 16.3 Å². The number of anilines is 1. The molecule has 1 amide bonds.